The molecule has 2 spiro atoms. The number of ether oxygens (including phenoxy) is 4. The number of aryl methyl sites for hydroxylation is 1. The van der Waals surface area contributed by atoms with Crippen LogP contribution in [0.15, 0.2) is 154 Å². The Hall–Kier alpha value is -7.45. The molecule has 10 aliphatic rings. The summed E-state index contributed by atoms with van der Waals surface area (Å²) in [6.45, 7) is -0.320. The first kappa shape index (κ1) is 58.0. The van der Waals surface area contributed by atoms with Crippen LogP contribution in [0.25, 0.3) is 29.2 Å². The fourth-order valence-corrected chi connectivity index (χ4v) is 18.9. The number of allylic oxidation sites excluding steroid dienone is 5. The SMILES string of the molecule is C/C(CO)=C1\CCc2ccc(cc2)[C@@H]2C=C[C@@H](c3cccc4c3C=C[C@@H]3CCC[C@@H]5C=Cc6ccccc6[C@@]435)C[C@H]2CC(=O)O[C@@H]2c3c(ccc4c(CO)c([C@H](CCO)COCO)c(=O)oc34)O[C@]3(CCC[C@H]4[C@H]5C=Cc6ccccc6[C@H]5C[C@H]43)[C@H]2OC1=O. The number of aliphatic hydroxyl groups excluding tert-OH is 4. The lowest BCUT2D eigenvalue weighted by Gasteiger charge is -2.54. The third-order valence-electron chi connectivity index (χ3n) is 22.8. The van der Waals surface area contributed by atoms with Crippen molar-refractivity contribution >= 4 is 41.1 Å². The molecular formula is C77H78O12. The lowest BCUT2D eigenvalue weighted by molar-refractivity contribution is -0.212. The van der Waals surface area contributed by atoms with Gasteiger partial charge in [0.15, 0.2) is 17.8 Å². The minimum atomic E-state index is -1.39. The fraction of sp³-hybridized carbons (Fsp3) is 0.416. The number of esters is 2. The van der Waals surface area contributed by atoms with Crippen LogP contribution >= 0.6 is 0 Å². The topological polar surface area (TPSA) is 182 Å². The minimum absolute atomic E-state index is 0.00820. The number of aliphatic hydroxyl groups is 4. The van der Waals surface area contributed by atoms with Crippen molar-refractivity contribution in [3.05, 3.63) is 222 Å². The number of carbonyl (C=O) groups is 2. The standard InChI is InChI=1S/C77H78O12/c1-44(40-79)54-28-20-45-18-21-47(22-19-45)55-29-25-49(57-14-7-17-65-60(57)31-27-53-12-6-11-52-26-23-48-10-3-5-16-64(48)77(52,53)65)37-51(55)38-68(82)86-72-70-67(33-32-61-63(41-80)69(75(84)87-71(61)70)50(34-36-78)42-85-43-81)89-76(73(72)88-74(54)83)35-8-15-59-58-30-24-46-9-2-4-13-56(46)62(58)39-66(59)76/h2-5,7,9-10,13-14,16-19,21-27,29-33,49-53,55,58-59,62,66,72-73,78-81H,6,8,11-12,15,20,28,34-43H2,1H3/b54-44-/t49-,50-,51+,52-,53+,55+,58-,59+,62-,66-,72-,73+,76+,77+/m1/s1. The normalized spacial score (nSPS) is 31.3. The second-order valence-electron chi connectivity index (χ2n) is 26.9. The molecule has 12 nitrogen and oxygen atoms in total. The van der Waals surface area contributed by atoms with Gasteiger partial charge in [-0.2, -0.15) is 0 Å². The molecule has 12 heteroatoms. The molecule has 0 saturated heterocycles. The van der Waals surface area contributed by atoms with Gasteiger partial charge in [-0.1, -0.05) is 146 Å². The highest BCUT2D eigenvalue weighted by Crippen LogP contribution is 2.65. The number of hydrogen-bond acceptors (Lipinski definition) is 12. The summed E-state index contributed by atoms with van der Waals surface area (Å²) in [5.74, 6) is -1.19. The van der Waals surface area contributed by atoms with Crippen molar-refractivity contribution in [2.24, 2.45) is 35.5 Å². The van der Waals surface area contributed by atoms with E-state index in [0.717, 1.165) is 36.8 Å². The first-order chi connectivity index (χ1) is 43.6. The zero-order valence-corrected chi connectivity index (χ0v) is 50.4. The van der Waals surface area contributed by atoms with Crippen LogP contribution < -0.4 is 10.4 Å². The molecule has 4 N–H and O–H groups in total. The first-order valence-corrected chi connectivity index (χ1v) is 32.6. The highest BCUT2D eigenvalue weighted by atomic mass is 16.6. The number of fused-ring (bicyclic) bond motifs is 19. The summed E-state index contributed by atoms with van der Waals surface area (Å²) < 4.78 is 34.0. The minimum Gasteiger partial charge on any atom is -0.482 e. The van der Waals surface area contributed by atoms with Crippen LogP contribution in [0.5, 0.6) is 5.75 Å². The van der Waals surface area contributed by atoms with Crippen LogP contribution in [0.4, 0.5) is 0 Å². The number of benzene rings is 5. The lowest BCUT2D eigenvalue weighted by Crippen LogP contribution is -2.62. The highest BCUT2D eigenvalue weighted by Gasteiger charge is 2.65. The zero-order chi connectivity index (χ0) is 60.7. The average molecular weight is 1200 g/mol. The smallest absolute Gasteiger partial charge is 0.340 e. The van der Waals surface area contributed by atoms with Crippen molar-refractivity contribution < 1.29 is 53.4 Å². The Morgan fingerprint density at radius 2 is 1.52 bits per heavy atom. The molecule has 3 saturated carbocycles. The number of hydrogen-bond donors (Lipinski definition) is 4. The van der Waals surface area contributed by atoms with Gasteiger partial charge in [-0.25, -0.2) is 9.59 Å². The van der Waals surface area contributed by atoms with Crippen LogP contribution in [-0.4, -0.2) is 70.7 Å². The molecule has 89 heavy (non-hydrogen) atoms. The Balaban J connectivity index is 0.885. The van der Waals surface area contributed by atoms with E-state index < -0.39 is 54.7 Å². The molecule has 14 atom stereocenters. The van der Waals surface area contributed by atoms with Crippen LogP contribution in [0, 0.1) is 35.5 Å². The van der Waals surface area contributed by atoms with Crippen LogP contribution in [-0.2, 0) is 42.2 Å². The monoisotopic (exact) mass is 1190 g/mol. The first-order valence-electron chi connectivity index (χ1n) is 32.6. The Kier molecular flexibility index (Phi) is 15.2. The van der Waals surface area contributed by atoms with Gasteiger partial charge >= 0.3 is 17.6 Å². The van der Waals surface area contributed by atoms with Gasteiger partial charge in [-0.05, 0) is 180 Å². The average Bonchev–Trinajstić information content (AvgIpc) is 1.52. The summed E-state index contributed by atoms with van der Waals surface area (Å²) in [6.07, 6.45) is 23.9. The Bertz CT molecular complexity index is 4000. The molecule has 458 valence electrons. The number of carbonyl (C=O) groups excluding carboxylic acids is 2. The van der Waals surface area contributed by atoms with Gasteiger partial charge in [0.2, 0.25) is 0 Å². The third-order valence-corrected chi connectivity index (χ3v) is 22.8. The summed E-state index contributed by atoms with van der Waals surface area (Å²) >= 11 is 0. The van der Waals surface area contributed by atoms with E-state index in [2.05, 4.69) is 140 Å². The maximum Gasteiger partial charge on any atom is 0.340 e. The molecule has 0 amide bonds. The van der Waals surface area contributed by atoms with Crippen LogP contribution in [0.3, 0.4) is 0 Å². The van der Waals surface area contributed by atoms with E-state index >= 15 is 9.59 Å². The molecule has 4 heterocycles. The lowest BCUT2D eigenvalue weighted by atomic mass is 9.49. The molecule has 3 fully saturated rings. The van der Waals surface area contributed by atoms with Crippen molar-refractivity contribution in [1.29, 1.82) is 0 Å². The summed E-state index contributed by atoms with van der Waals surface area (Å²) in [5.41, 5.74) is 10.1. The van der Waals surface area contributed by atoms with Crippen molar-refractivity contribution in [1.82, 2.24) is 0 Å². The molecule has 7 aliphatic carbocycles. The molecule has 5 aromatic carbocycles. The van der Waals surface area contributed by atoms with Crippen molar-refractivity contribution in [3.63, 3.8) is 0 Å². The van der Waals surface area contributed by atoms with E-state index in [4.69, 9.17) is 23.4 Å². The van der Waals surface area contributed by atoms with Gasteiger partial charge in [0.1, 0.15) is 18.1 Å². The summed E-state index contributed by atoms with van der Waals surface area (Å²) in [4.78, 5) is 46.5. The quantitative estimate of drug-likeness (QED) is 0.0354. The van der Waals surface area contributed by atoms with Crippen molar-refractivity contribution in [2.45, 2.75) is 137 Å². The van der Waals surface area contributed by atoms with E-state index in [9.17, 15) is 25.2 Å². The summed E-state index contributed by atoms with van der Waals surface area (Å²) in [6, 6.07) is 36.4. The van der Waals surface area contributed by atoms with E-state index in [0.29, 0.717) is 59.8 Å². The van der Waals surface area contributed by atoms with Gasteiger partial charge in [0.05, 0.1) is 25.4 Å². The molecule has 0 unspecified atom stereocenters. The van der Waals surface area contributed by atoms with E-state index in [1.807, 2.05) is 0 Å². The van der Waals surface area contributed by atoms with Gasteiger partial charge < -0.3 is 43.8 Å². The molecule has 6 aromatic rings. The molecular weight excluding hydrogens is 1120 g/mol. The largest absolute Gasteiger partial charge is 0.482 e. The Labute approximate surface area is 519 Å². The maximum absolute atomic E-state index is 16.1. The summed E-state index contributed by atoms with van der Waals surface area (Å²) in [7, 11) is 0. The predicted molar refractivity (Wildman–Crippen MR) is 340 cm³/mol. The van der Waals surface area contributed by atoms with Crippen LogP contribution in [0.2, 0.25) is 0 Å². The van der Waals surface area contributed by atoms with Gasteiger partial charge in [-0.3, -0.25) is 4.79 Å². The molecule has 2 bridgehead atoms. The van der Waals surface area contributed by atoms with Gasteiger partial charge in [0.25, 0.3) is 0 Å². The second-order valence-corrected chi connectivity index (χ2v) is 26.9. The molecule has 0 radical (unpaired) electrons. The van der Waals surface area contributed by atoms with Crippen LogP contribution in [0.1, 0.15) is 174 Å². The van der Waals surface area contributed by atoms with Gasteiger partial charge in [-0.15, -0.1) is 0 Å². The highest BCUT2D eigenvalue weighted by molar-refractivity contribution is 5.91. The second kappa shape index (κ2) is 23.4. The molecule has 3 aliphatic heterocycles. The predicted octanol–water partition coefficient (Wildman–Crippen LogP) is 13.1. The number of rotatable bonds is 9. The maximum atomic E-state index is 16.1. The van der Waals surface area contributed by atoms with E-state index in [-0.39, 0.29) is 108 Å². The zero-order valence-electron chi connectivity index (χ0n) is 50.4. The summed E-state index contributed by atoms with van der Waals surface area (Å²) in [5, 5.41) is 42.5. The third kappa shape index (κ3) is 9.43. The van der Waals surface area contributed by atoms with Crippen molar-refractivity contribution in [2.75, 3.05) is 26.6 Å². The Morgan fingerprint density at radius 1 is 0.742 bits per heavy atom. The van der Waals surface area contributed by atoms with Crippen molar-refractivity contribution in [3.8, 4) is 5.75 Å². The molecule has 1 aromatic heterocycles. The van der Waals surface area contributed by atoms with E-state index in [1.54, 1.807) is 19.1 Å². The molecule has 16 rings (SSSR count). The van der Waals surface area contributed by atoms with E-state index in [1.165, 1.54) is 45.4 Å². The Morgan fingerprint density at radius 3 is 2.33 bits per heavy atom. The fourth-order valence-electron chi connectivity index (χ4n) is 18.9. The van der Waals surface area contributed by atoms with Gasteiger partial charge in [0, 0.05) is 58.6 Å².